The van der Waals surface area contributed by atoms with E-state index in [9.17, 15) is 9.18 Å². The first-order valence-electron chi connectivity index (χ1n) is 4.43. The number of halogens is 1. The fourth-order valence-corrected chi connectivity index (χ4v) is 1.24. The standard InChI is InChI=1S/C11H8FNO2/c12-9-3-1-2-8(6-9)11-13-10(4-5-14)7-15-11/h1-3,5-7H,4H2. The molecular formula is C11H8FNO2. The van der Waals surface area contributed by atoms with Crippen LogP contribution in [-0.4, -0.2) is 11.3 Å². The number of hydrogen-bond donors (Lipinski definition) is 0. The van der Waals surface area contributed by atoms with Gasteiger partial charge in [-0.3, -0.25) is 0 Å². The maximum absolute atomic E-state index is 12.9. The van der Waals surface area contributed by atoms with Gasteiger partial charge < -0.3 is 9.21 Å². The van der Waals surface area contributed by atoms with Crippen molar-refractivity contribution < 1.29 is 13.6 Å². The molecule has 0 radical (unpaired) electrons. The molecule has 3 nitrogen and oxygen atoms in total. The van der Waals surface area contributed by atoms with Crippen molar-refractivity contribution >= 4 is 6.29 Å². The zero-order valence-corrected chi connectivity index (χ0v) is 7.81. The molecular weight excluding hydrogens is 197 g/mol. The number of rotatable bonds is 3. The first-order chi connectivity index (χ1) is 7.29. The molecule has 0 unspecified atom stereocenters. The van der Waals surface area contributed by atoms with Gasteiger partial charge in [-0.2, -0.15) is 0 Å². The first-order valence-corrected chi connectivity index (χ1v) is 4.43. The largest absolute Gasteiger partial charge is 0.444 e. The molecule has 0 saturated carbocycles. The minimum atomic E-state index is -0.345. The van der Waals surface area contributed by atoms with Gasteiger partial charge in [-0.25, -0.2) is 9.37 Å². The third-order valence-electron chi connectivity index (χ3n) is 1.92. The molecule has 0 bridgehead atoms. The van der Waals surface area contributed by atoms with E-state index in [0.717, 1.165) is 6.29 Å². The molecule has 0 fully saturated rings. The van der Waals surface area contributed by atoms with Crippen molar-refractivity contribution in [1.29, 1.82) is 0 Å². The number of nitrogens with zero attached hydrogens (tertiary/aromatic N) is 1. The van der Waals surface area contributed by atoms with Crippen LogP contribution in [0.5, 0.6) is 0 Å². The lowest BCUT2D eigenvalue weighted by molar-refractivity contribution is -0.107. The van der Waals surface area contributed by atoms with E-state index in [4.69, 9.17) is 4.42 Å². The van der Waals surface area contributed by atoms with E-state index in [0.29, 0.717) is 17.1 Å². The molecule has 0 spiro atoms. The molecule has 0 aliphatic carbocycles. The Balaban J connectivity index is 2.32. The van der Waals surface area contributed by atoms with Gasteiger partial charge in [0.25, 0.3) is 0 Å². The van der Waals surface area contributed by atoms with Crippen molar-refractivity contribution in [3.05, 3.63) is 42.0 Å². The summed E-state index contributed by atoms with van der Waals surface area (Å²) in [5.74, 6) is -0.0195. The number of aromatic nitrogens is 1. The molecule has 1 aromatic carbocycles. The van der Waals surface area contributed by atoms with Gasteiger partial charge in [0.05, 0.1) is 5.69 Å². The number of oxazole rings is 1. The quantitative estimate of drug-likeness (QED) is 0.721. The van der Waals surface area contributed by atoms with Gasteiger partial charge >= 0.3 is 0 Å². The Labute approximate surface area is 85.6 Å². The van der Waals surface area contributed by atoms with Gasteiger partial charge in [0.1, 0.15) is 18.4 Å². The summed E-state index contributed by atoms with van der Waals surface area (Å²) in [5.41, 5.74) is 1.11. The highest BCUT2D eigenvalue weighted by Crippen LogP contribution is 2.19. The summed E-state index contributed by atoms with van der Waals surface area (Å²) in [4.78, 5) is 14.3. The molecule has 76 valence electrons. The van der Waals surface area contributed by atoms with Gasteiger partial charge in [0, 0.05) is 12.0 Å². The van der Waals surface area contributed by atoms with Crippen molar-refractivity contribution in [2.75, 3.05) is 0 Å². The summed E-state index contributed by atoms with van der Waals surface area (Å²) in [5, 5.41) is 0. The smallest absolute Gasteiger partial charge is 0.226 e. The number of carbonyl (C=O) groups is 1. The molecule has 0 saturated heterocycles. The molecule has 1 heterocycles. The number of hydrogen-bond acceptors (Lipinski definition) is 3. The number of benzene rings is 1. The van der Waals surface area contributed by atoms with E-state index in [1.807, 2.05) is 0 Å². The minimum absolute atomic E-state index is 0.207. The predicted molar refractivity (Wildman–Crippen MR) is 51.7 cm³/mol. The number of carbonyl (C=O) groups excluding carboxylic acids is 1. The van der Waals surface area contributed by atoms with Gasteiger partial charge in [-0.05, 0) is 18.2 Å². The third-order valence-corrected chi connectivity index (χ3v) is 1.92. The average Bonchev–Trinajstić information content (AvgIpc) is 2.67. The summed E-state index contributed by atoms with van der Waals surface area (Å²) in [6.07, 6.45) is 2.35. The molecule has 1 aromatic heterocycles. The maximum atomic E-state index is 12.9. The second-order valence-electron chi connectivity index (χ2n) is 3.03. The molecule has 4 heteroatoms. The summed E-state index contributed by atoms with van der Waals surface area (Å²) < 4.78 is 18.0. The molecule has 0 aliphatic heterocycles. The molecule has 0 aliphatic rings. The summed E-state index contributed by atoms with van der Waals surface area (Å²) in [7, 11) is 0. The van der Waals surface area contributed by atoms with Crippen LogP contribution in [0.4, 0.5) is 4.39 Å². The van der Waals surface area contributed by atoms with E-state index >= 15 is 0 Å². The van der Waals surface area contributed by atoms with Gasteiger partial charge in [0.15, 0.2) is 0 Å². The fourth-order valence-electron chi connectivity index (χ4n) is 1.24. The Morgan fingerprint density at radius 1 is 1.47 bits per heavy atom. The van der Waals surface area contributed by atoms with Crippen LogP contribution in [0, 0.1) is 5.82 Å². The Hall–Kier alpha value is -1.97. The molecule has 0 amide bonds. The Kier molecular flexibility index (Phi) is 2.58. The lowest BCUT2D eigenvalue weighted by atomic mass is 10.2. The second kappa shape index (κ2) is 4.04. The Bertz CT molecular complexity index is 479. The van der Waals surface area contributed by atoms with Crippen LogP contribution in [0.25, 0.3) is 11.5 Å². The summed E-state index contributed by atoms with van der Waals surface area (Å²) in [6, 6.07) is 5.95. The van der Waals surface area contributed by atoms with E-state index < -0.39 is 0 Å². The Morgan fingerprint density at radius 3 is 3.07 bits per heavy atom. The van der Waals surface area contributed by atoms with Crippen LogP contribution in [0.2, 0.25) is 0 Å². The van der Waals surface area contributed by atoms with Gasteiger partial charge in [-0.1, -0.05) is 6.07 Å². The lowest BCUT2D eigenvalue weighted by Gasteiger charge is -1.93. The molecule has 2 aromatic rings. The van der Waals surface area contributed by atoms with Crippen molar-refractivity contribution in [3.63, 3.8) is 0 Å². The van der Waals surface area contributed by atoms with Crippen molar-refractivity contribution in [2.24, 2.45) is 0 Å². The van der Waals surface area contributed by atoms with E-state index in [-0.39, 0.29) is 12.2 Å². The topological polar surface area (TPSA) is 43.1 Å². The highest BCUT2D eigenvalue weighted by Gasteiger charge is 2.06. The molecule has 15 heavy (non-hydrogen) atoms. The normalized spacial score (nSPS) is 10.2. The SMILES string of the molecule is O=CCc1coc(-c2cccc(F)c2)n1. The van der Waals surface area contributed by atoms with Crippen molar-refractivity contribution in [1.82, 2.24) is 4.98 Å². The zero-order valence-electron chi connectivity index (χ0n) is 7.81. The van der Waals surface area contributed by atoms with Crippen LogP contribution >= 0.6 is 0 Å². The Morgan fingerprint density at radius 2 is 2.33 bits per heavy atom. The van der Waals surface area contributed by atoms with Crippen molar-refractivity contribution in [2.45, 2.75) is 6.42 Å². The molecule has 0 atom stereocenters. The lowest BCUT2D eigenvalue weighted by Crippen LogP contribution is -1.85. The van der Waals surface area contributed by atoms with Crippen molar-refractivity contribution in [3.8, 4) is 11.5 Å². The predicted octanol–water partition coefficient (Wildman–Crippen LogP) is 2.22. The van der Waals surface area contributed by atoms with Crippen LogP contribution < -0.4 is 0 Å². The highest BCUT2D eigenvalue weighted by atomic mass is 19.1. The second-order valence-corrected chi connectivity index (χ2v) is 3.03. The zero-order chi connectivity index (χ0) is 10.7. The highest BCUT2D eigenvalue weighted by molar-refractivity contribution is 5.56. The van der Waals surface area contributed by atoms with Crippen LogP contribution in [0.1, 0.15) is 5.69 Å². The third kappa shape index (κ3) is 2.10. The summed E-state index contributed by atoms with van der Waals surface area (Å²) >= 11 is 0. The molecule has 2 rings (SSSR count). The average molecular weight is 205 g/mol. The van der Waals surface area contributed by atoms with E-state index in [2.05, 4.69) is 4.98 Å². The van der Waals surface area contributed by atoms with Gasteiger partial charge in [0.2, 0.25) is 5.89 Å². The van der Waals surface area contributed by atoms with E-state index in [1.165, 1.54) is 18.4 Å². The maximum Gasteiger partial charge on any atom is 0.226 e. The van der Waals surface area contributed by atoms with Crippen LogP contribution in [0.3, 0.4) is 0 Å². The summed E-state index contributed by atoms with van der Waals surface area (Å²) in [6.45, 7) is 0. The van der Waals surface area contributed by atoms with Gasteiger partial charge in [-0.15, -0.1) is 0 Å². The van der Waals surface area contributed by atoms with Crippen LogP contribution in [-0.2, 0) is 11.2 Å². The number of aldehydes is 1. The first kappa shape index (κ1) is 9.58. The molecule has 0 N–H and O–H groups in total. The fraction of sp³-hybridized carbons (Fsp3) is 0.0909. The van der Waals surface area contributed by atoms with E-state index in [1.54, 1.807) is 12.1 Å². The monoisotopic (exact) mass is 205 g/mol. The van der Waals surface area contributed by atoms with Crippen LogP contribution in [0.15, 0.2) is 34.9 Å². The minimum Gasteiger partial charge on any atom is -0.444 e.